The zero-order valence-electron chi connectivity index (χ0n) is 7.42. The molecule has 0 amide bonds. The van der Waals surface area contributed by atoms with Crippen molar-refractivity contribution in [2.75, 3.05) is 0 Å². The number of hydrogen-bond acceptors (Lipinski definition) is 1. The predicted octanol–water partition coefficient (Wildman–Crippen LogP) is 2.80. The Hall–Kier alpha value is -1.11. The van der Waals surface area contributed by atoms with Crippen molar-refractivity contribution in [2.24, 2.45) is 0 Å². The van der Waals surface area contributed by atoms with Crippen LogP contribution in [0, 0.1) is 0 Å². The largest absolute Gasteiger partial charge is 0.294 e. The number of Topliss-reactive ketones (excluding diaryl/α,β-unsaturated/α-hetero) is 1. The lowest BCUT2D eigenvalue weighted by atomic mass is 10.1. The summed E-state index contributed by atoms with van der Waals surface area (Å²) in [5.74, 6) is 0.250. The smallest absolute Gasteiger partial charge is 0.162 e. The standard InChI is InChI=1S/C11H14O/c1-2-7-11(12)10-8-5-3-4-6-9-10/h3,5-6,8-9H,2,4,7H2,1H3. The van der Waals surface area contributed by atoms with Crippen LogP contribution in [-0.2, 0) is 4.79 Å². The molecule has 0 aliphatic heterocycles. The first-order valence-electron chi connectivity index (χ1n) is 4.41. The molecule has 1 rings (SSSR count). The average Bonchev–Trinajstić information content (AvgIpc) is 2.32. The van der Waals surface area contributed by atoms with E-state index in [1.54, 1.807) is 0 Å². The minimum atomic E-state index is 0.250. The SMILES string of the molecule is CCCC(=O)C1=CC=CCC=C1. The van der Waals surface area contributed by atoms with Crippen LogP contribution in [0.25, 0.3) is 0 Å². The Morgan fingerprint density at radius 2 is 2.33 bits per heavy atom. The van der Waals surface area contributed by atoms with Crippen LogP contribution in [-0.4, -0.2) is 5.78 Å². The van der Waals surface area contributed by atoms with Gasteiger partial charge in [-0.15, -0.1) is 0 Å². The van der Waals surface area contributed by atoms with Gasteiger partial charge in [0.15, 0.2) is 5.78 Å². The molecule has 0 aromatic rings. The molecule has 1 nitrogen and oxygen atoms in total. The second-order valence-electron chi connectivity index (χ2n) is 2.86. The summed E-state index contributed by atoms with van der Waals surface area (Å²) in [7, 11) is 0. The third kappa shape index (κ3) is 2.50. The lowest BCUT2D eigenvalue weighted by Crippen LogP contribution is -1.98. The van der Waals surface area contributed by atoms with Gasteiger partial charge < -0.3 is 0 Å². The van der Waals surface area contributed by atoms with Crippen molar-refractivity contribution in [3.05, 3.63) is 36.0 Å². The van der Waals surface area contributed by atoms with Crippen molar-refractivity contribution in [1.29, 1.82) is 0 Å². The van der Waals surface area contributed by atoms with Crippen molar-refractivity contribution in [2.45, 2.75) is 26.2 Å². The number of carbonyl (C=O) groups excluding carboxylic acids is 1. The van der Waals surface area contributed by atoms with E-state index in [-0.39, 0.29) is 5.78 Å². The minimum Gasteiger partial charge on any atom is -0.294 e. The van der Waals surface area contributed by atoms with E-state index in [4.69, 9.17) is 0 Å². The monoisotopic (exact) mass is 162 g/mol. The van der Waals surface area contributed by atoms with Gasteiger partial charge in [0.05, 0.1) is 0 Å². The number of allylic oxidation sites excluding steroid dienone is 6. The topological polar surface area (TPSA) is 17.1 Å². The summed E-state index contributed by atoms with van der Waals surface area (Å²) in [6, 6.07) is 0. The maximum atomic E-state index is 11.4. The molecule has 0 saturated carbocycles. The van der Waals surface area contributed by atoms with Crippen LogP contribution in [0.1, 0.15) is 26.2 Å². The molecular weight excluding hydrogens is 148 g/mol. The quantitative estimate of drug-likeness (QED) is 0.623. The Morgan fingerprint density at radius 3 is 3.08 bits per heavy atom. The Bertz CT molecular complexity index is 244. The van der Waals surface area contributed by atoms with E-state index < -0.39 is 0 Å². The van der Waals surface area contributed by atoms with E-state index in [0.29, 0.717) is 6.42 Å². The van der Waals surface area contributed by atoms with E-state index in [0.717, 1.165) is 18.4 Å². The van der Waals surface area contributed by atoms with Crippen molar-refractivity contribution >= 4 is 5.78 Å². The van der Waals surface area contributed by atoms with E-state index >= 15 is 0 Å². The van der Waals surface area contributed by atoms with Crippen molar-refractivity contribution in [3.8, 4) is 0 Å². The first-order chi connectivity index (χ1) is 5.84. The molecule has 0 unspecified atom stereocenters. The molecule has 0 aromatic heterocycles. The molecule has 0 atom stereocenters. The summed E-state index contributed by atoms with van der Waals surface area (Å²) in [5.41, 5.74) is 0.839. The van der Waals surface area contributed by atoms with E-state index in [1.807, 2.05) is 37.3 Å². The highest BCUT2D eigenvalue weighted by Gasteiger charge is 2.03. The number of rotatable bonds is 3. The Morgan fingerprint density at radius 1 is 1.50 bits per heavy atom. The maximum Gasteiger partial charge on any atom is 0.162 e. The molecule has 0 saturated heterocycles. The Labute approximate surface area is 73.5 Å². The van der Waals surface area contributed by atoms with Gasteiger partial charge in [-0.3, -0.25) is 4.79 Å². The van der Waals surface area contributed by atoms with E-state index in [9.17, 15) is 4.79 Å². The predicted molar refractivity (Wildman–Crippen MR) is 50.9 cm³/mol. The van der Waals surface area contributed by atoms with Crippen LogP contribution in [0.4, 0.5) is 0 Å². The van der Waals surface area contributed by atoms with Crippen molar-refractivity contribution < 1.29 is 4.79 Å². The van der Waals surface area contributed by atoms with Gasteiger partial charge in [-0.1, -0.05) is 37.3 Å². The third-order valence-electron chi connectivity index (χ3n) is 1.78. The first-order valence-corrected chi connectivity index (χ1v) is 4.41. The second kappa shape index (κ2) is 4.70. The molecule has 0 N–H and O–H groups in total. The zero-order valence-corrected chi connectivity index (χ0v) is 7.42. The normalized spacial score (nSPS) is 15.6. The maximum absolute atomic E-state index is 11.4. The fourth-order valence-electron chi connectivity index (χ4n) is 1.14. The van der Waals surface area contributed by atoms with Gasteiger partial charge in [-0.2, -0.15) is 0 Å². The van der Waals surface area contributed by atoms with Crippen LogP contribution in [0.3, 0.4) is 0 Å². The summed E-state index contributed by atoms with van der Waals surface area (Å²) >= 11 is 0. The van der Waals surface area contributed by atoms with Gasteiger partial charge in [-0.25, -0.2) is 0 Å². The molecule has 12 heavy (non-hydrogen) atoms. The van der Waals surface area contributed by atoms with Crippen LogP contribution in [0.2, 0.25) is 0 Å². The van der Waals surface area contributed by atoms with E-state index in [2.05, 4.69) is 0 Å². The Kier molecular flexibility index (Phi) is 3.52. The fraction of sp³-hybridized carbons (Fsp3) is 0.364. The zero-order chi connectivity index (χ0) is 8.81. The summed E-state index contributed by atoms with van der Waals surface area (Å²) in [5, 5.41) is 0. The van der Waals surface area contributed by atoms with Crippen LogP contribution in [0.15, 0.2) is 36.0 Å². The van der Waals surface area contributed by atoms with Crippen molar-refractivity contribution in [1.82, 2.24) is 0 Å². The molecule has 1 aliphatic carbocycles. The average molecular weight is 162 g/mol. The van der Waals surface area contributed by atoms with Gasteiger partial charge in [0, 0.05) is 12.0 Å². The van der Waals surface area contributed by atoms with Gasteiger partial charge in [0.2, 0.25) is 0 Å². The number of hydrogen-bond donors (Lipinski definition) is 0. The first kappa shape index (κ1) is 8.98. The lowest BCUT2D eigenvalue weighted by Gasteiger charge is -1.96. The molecule has 0 bridgehead atoms. The van der Waals surface area contributed by atoms with Gasteiger partial charge in [0.1, 0.15) is 0 Å². The summed E-state index contributed by atoms with van der Waals surface area (Å²) in [6.45, 7) is 2.02. The van der Waals surface area contributed by atoms with Crippen LogP contribution >= 0.6 is 0 Å². The lowest BCUT2D eigenvalue weighted by molar-refractivity contribution is -0.115. The van der Waals surface area contributed by atoms with Crippen molar-refractivity contribution in [3.63, 3.8) is 0 Å². The molecule has 0 aromatic carbocycles. The van der Waals surface area contributed by atoms with Crippen LogP contribution in [0.5, 0.6) is 0 Å². The molecule has 0 fully saturated rings. The summed E-state index contributed by atoms with van der Waals surface area (Å²) in [4.78, 5) is 11.4. The molecule has 0 heterocycles. The second-order valence-corrected chi connectivity index (χ2v) is 2.86. The minimum absolute atomic E-state index is 0.250. The molecular formula is C11H14O. The Balaban J connectivity index is 2.66. The molecule has 64 valence electrons. The number of ketones is 1. The highest BCUT2D eigenvalue weighted by molar-refractivity contribution is 5.98. The molecule has 0 radical (unpaired) electrons. The third-order valence-corrected chi connectivity index (χ3v) is 1.78. The number of carbonyl (C=O) groups is 1. The molecule has 0 spiro atoms. The van der Waals surface area contributed by atoms with Gasteiger partial charge >= 0.3 is 0 Å². The van der Waals surface area contributed by atoms with Gasteiger partial charge in [0.25, 0.3) is 0 Å². The highest BCUT2D eigenvalue weighted by atomic mass is 16.1. The fourth-order valence-corrected chi connectivity index (χ4v) is 1.14. The van der Waals surface area contributed by atoms with E-state index in [1.165, 1.54) is 0 Å². The highest BCUT2D eigenvalue weighted by Crippen LogP contribution is 2.08. The molecule has 1 heteroatoms. The molecule has 1 aliphatic rings. The summed E-state index contributed by atoms with van der Waals surface area (Å²) in [6.07, 6.45) is 12.3. The summed E-state index contributed by atoms with van der Waals surface area (Å²) < 4.78 is 0. The van der Waals surface area contributed by atoms with Crippen LogP contribution < -0.4 is 0 Å². The van der Waals surface area contributed by atoms with Gasteiger partial charge in [-0.05, 0) is 12.8 Å².